The van der Waals surface area contributed by atoms with Crippen molar-refractivity contribution in [2.75, 3.05) is 16.8 Å². The zero-order valence-corrected chi connectivity index (χ0v) is 20.9. The standard InChI is InChI=1S/C28H26N2O4S/c1-5-34-28(33)20-9-7-10-21(16-20)29-24-25(35-22-14-12-17(2)13-15-22)27(32)30(26(24)31)23-11-6-8-18(3)19(23)4/h6-16,29H,5H2,1-4H3. The Hall–Kier alpha value is -3.84. The molecule has 0 unspecified atom stereocenters. The summed E-state index contributed by atoms with van der Waals surface area (Å²) in [6.07, 6.45) is 0. The number of ether oxygens (including phenoxy) is 1. The minimum absolute atomic E-state index is 0.169. The molecule has 0 atom stereocenters. The lowest BCUT2D eigenvalue weighted by Gasteiger charge is -2.19. The molecular formula is C28H26N2O4S. The van der Waals surface area contributed by atoms with Gasteiger partial charge in [0.05, 0.1) is 17.9 Å². The molecule has 0 aromatic heterocycles. The second-order valence-corrected chi connectivity index (χ2v) is 9.29. The van der Waals surface area contributed by atoms with Gasteiger partial charge in [-0.3, -0.25) is 9.59 Å². The molecule has 4 rings (SSSR count). The Morgan fingerprint density at radius 1 is 0.943 bits per heavy atom. The van der Waals surface area contributed by atoms with Gasteiger partial charge in [-0.1, -0.05) is 47.7 Å². The number of benzene rings is 3. The van der Waals surface area contributed by atoms with Crippen LogP contribution in [0, 0.1) is 20.8 Å². The smallest absolute Gasteiger partial charge is 0.338 e. The van der Waals surface area contributed by atoms with Gasteiger partial charge < -0.3 is 10.1 Å². The highest BCUT2D eigenvalue weighted by atomic mass is 32.2. The van der Waals surface area contributed by atoms with Gasteiger partial charge >= 0.3 is 5.97 Å². The molecule has 6 nitrogen and oxygen atoms in total. The molecule has 1 N–H and O–H groups in total. The number of amides is 2. The Balaban J connectivity index is 1.75. The van der Waals surface area contributed by atoms with E-state index in [0.29, 0.717) is 21.8 Å². The number of thioether (sulfide) groups is 1. The normalized spacial score (nSPS) is 13.4. The highest BCUT2D eigenvalue weighted by molar-refractivity contribution is 8.04. The van der Waals surface area contributed by atoms with Gasteiger partial charge in [0.25, 0.3) is 11.8 Å². The van der Waals surface area contributed by atoms with E-state index in [2.05, 4.69) is 5.32 Å². The number of carbonyl (C=O) groups is 3. The Kier molecular flexibility index (Phi) is 7.07. The maximum absolute atomic E-state index is 13.6. The van der Waals surface area contributed by atoms with Crippen molar-refractivity contribution in [1.82, 2.24) is 0 Å². The number of nitrogens with one attached hydrogen (secondary N) is 1. The third-order valence-electron chi connectivity index (χ3n) is 5.74. The van der Waals surface area contributed by atoms with E-state index >= 15 is 0 Å². The molecular weight excluding hydrogens is 460 g/mol. The number of imide groups is 1. The van der Waals surface area contributed by atoms with E-state index in [0.717, 1.165) is 21.6 Å². The van der Waals surface area contributed by atoms with Gasteiger partial charge in [0.1, 0.15) is 10.6 Å². The lowest BCUT2D eigenvalue weighted by Crippen LogP contribution is -2.33. The van der Waals surface area contributed by atoms with Crippen LogP contribution in [0.15, 0.2) is 82.2 Å². The molecule has 178 valence electrons. The van der Waals surface area contributed by atoms with Gasteiger partial charge in [-0.2, -0.15) is 0 Å². The maximum Gasteiger partial charge on any atom is 0.338 e. The van der Waals surface area contributed by atoms with Gasteiger partial charge in [-0.25, -0.2) is 9.69 Å². The van der Waals surface area contributed by atoms with Crippen LogP contribution >= 0.6 is 11.8 Å². The Labute approximate surface area is 209 Å². The topological polar surface area (TPSA) is 75.7 Å². The second kappa shape index (κ2) is 10.2. The molecule has 2 amide bonds. The number of esters is 1. The van der Waals surface area contributed by atoms with Crippen molar-refractivity contribution in [2.45, 2.75) is 32.6 Å². The first kappa shape index (κ1) is 24.3. The van der Waals surface area contributed by atoms with Crippen molar-refractivity contribution in [2.24, 2.45) is 0 Å². The van der Waals surface area contributed by atoms with E-state index in [1.807, 2.05) is 57.2 Å². The lowest BCUT2D eigenvalue weighted by atomic mass is 10.1. The molecule has 0 spiro atoms. The fourth-order valence-electron chi connectivity index (χ4n) is 3.72. The number of aryl methyl sites for hydroxylation is 2. The Bertz CT molecular complexity index is 1350. The van der Waals surface area contributed by atoms with Crippen molar-refractivity contribution in [3.63, 3.8) is 0 Å². The third-order valence-corrected chi connectivity index (χ3v) is 6.83. The van der Waals surface area contributed by atoms with Gasteiger partial charge in [-0.15, -0.1) is 0 Å². The zero-order valence-electron chi connectivity index (χ0n) is 20.0. The number of hydrogen-bond donors (Lipinski definition) is 1. The highest BCUT2D eigenvalue weighted by Gasteiger charge is 2.41. The Morgan fingerprint density at radius 3 is 2.37 bits per heavy atom. The van der Waals surface area contributed by atoms with Crippen LogP contribution in [0.1, 0.15) is 34.0 Å². The molecule has 0 saturated carbocycles. The van der Waals surface area contributed by atoms with Crippen molar-refractivity contribution in [1.29, 1.82) is 0 Å². The maximum atomic E-state index is 13.6. The molecule has 0 aliphatic carbocycles. The summed E-state index contributed by atoms with van der Waals surface area (Å²) in [5, 5.41) is 3.11. The predicted molar refractivity (Wildman–Crippen MR) is 138 cm³/mol. The summed E-state index contributed by atoms with van der Waals surface area (Å²) in [6, 6.07) is 20.0. The van der Waals surface area contributed by atoms with Crippen LogP contribution in [0.4, 0.5) is 11.4 Å². The molecule has 1 aliphatic rings. The Morgan fingerprint density at radius 2 is 1.66 bits per heavy atom. The minimum atomic E-state index is -0.453. The molecule has 3 aromatic carbocycles. The minimum Gasteiger partial charge on any atom is -0.462 e. The molecule has 35 heavy (non-hydrogen) atoms. The largest absolute Gasteiger partial charge is 0.462 e. The van der Waals surface area contributed by atoms with Crippen molar-refractivity contribution in [3.8, 4) is 0 Å². The van der Waals surface area contributed by atoms with Crippen LogP contribution in [-0.4, -0.2) is 24.4 Å². The number of anilines is 2. The molecule has 1 heterocycles. The number of hydrogen-bond acceptors (Lipinski definition) is 6. The van der Waals surface area contributed by atoms with E-state index < -0.39 is 17.8 Å². The summed E-state index contributed by atoms with van der Waals surface area (Å²) in [5.41, 5.74) is 4.54. The van der Waals surface area contributed by atoms with Crippen molar-refractivity contribution >= 4 is 40.9 Å². The summed E-state index contributed by atoms with van der Waals surface area (Å²) >= 11 is 1.24. The molecule has 3 aromatic rings. The van der Waals surface area contributed by atoms with Crippen LogP contribution in [0.2, 0.25) is 0 Å². The molecule has 0 radical (unpaired) electrons. The predicted octanol–water partition coefficient (Wildman–Crippen LogP) is 5.78. The van der Waals surface area contributed by atoms with Crippen LogP contribution < -0.4 is 10.2 Å². The number of rotatable bonds is 7. The first-order valence-corrected chi connectivity index (χ1v) is 12.1. The van der Waals surface area contributed by atoms with E-state index in [-0.39, 0.29) is 12.3 Å². The lowest BCUT2D eigenvalue weighted by molar-refractivity contribution is -0.120. The second-order valence-electron chi connectivity index (χ2n) is 8.21. The molecule has 0 saturated heterocycles. The quantitative estimate of drug-likeness (QED) is 0.337. The first-order chi connectivity index (χ1) is 16.8. The van der Waals surface area contributed by atoms with Crippen LogP contribution in [-0.2, 0) is 14.3 Å². The van der Waals surface area contributed by atoms with Gasteiger partial charge in [0.2, 0.25) is 0 Å². The summed E-state index contributed by atoms with van der Waals surface area (Å²) in [4.78, 5) is 41.8. The average molecular weight is 487 g/mol. The summed E-state index contributed by atoms with van der Waals surface area (Å²) in [6.45, 7) is 7.83. The van der Waals surface area contributed by atoms with Crippen molar-refractivity contribution < 1.29 is 19.1 Å². The highest BCUT2D eigenvalue weighted by Crippen LogP contribution is 2.39. The molecule has 7 heteroatoms. The summed E-state index contributed by atoms with van der Waals surface area (Å²) < 4.78 is 5.09. The van der Waals surface area contributed by atoms with Crippen LogP contribution in [0.3, 0.4) is 0 Å². The van der Waals surface area contributed by atoms with E-state index in [9.17, 15) is 14.4 Å². The summed E-state index contributed by atoms with van der Waals surface area (Å²) in [5.74, 6) is -1.29. The monoisotopic (exact) mass is 486 g/mol. The zero-order chi connectivity index (χ0) is 25.1. The van der Waals surface area contributed by atoms with Gasteiger partial charge in [0.15, 0.2) is 0 Å². The fraction of sp³-hybridized carbons (Fsp3) is 0.179. The van der Waals surface area contributed by atoms with Gasteiger partial charge in [-0.05, 0) is 75.2 Å². The first-order valence-electron chi connectivity index (χ1n) is 11.3. The van der Waals surface area contributed by atoms with Gasteiger partial charge in [0, 0.05) is 10.6 Å². The van der Waals surface area contributed by atoms with E-state index in [4.69, 9.17) is 4.74 Å². The number of nitrogens with zero attached hydrogens (tertiary/aromatic N) is 1. The van der Waals surface area contributed by atoms with Crippen molar-refractivity contribution in [3.05, 3.63) is 99.6 Å². The third kappa shape index (κ3) is 5.00. The summed E-state index contributed by atoms with van der Waals surface area (Å²) in [7, 11) is 0. The molecule has 1 aliphatic heterocycles. The van der Waals surface area contributed by atoms with E-state index in [1.165, 1.54) is 16.7 Å². The van der Waals surface area contributed by atoms with Crippen LogP contribution in [0.25, 0.3) is 0 Å². The average Bonchev–Trinajstić information content (AvgIpc) is 3.06. The molecule has 0 fully saturated rings. The number of carbonyl (C=O) groups excluding carboxylic acids is 3. The molecule has 0 bridgehead atoms. The fourth-order valence-corrected chi connectivity index (χ4v) is 4.64. The van der Waals surface area contributed by atoms with E-state index in [1.54, 1.807) is 37.3 Å². The SMILES string of the molecule is CCOC(=O)c1cccc(NC2=C(Sc3ccc(C)cc3)C(=O)N(c3cccc(C)c3C)C2=O)c1. The van der Waals surface area contributed by atoms with Crippen LogP contribution in [0.5, 0.6) is 0 Å².